The summed E-state index contributed by atoms with van der Waals surface area (Å²) < 4.78 is 18.1. The number of benzene rings is 2. The van der Waals surface area contributed by atoms with Gasteiger partial charge in [0.05, 0.1) is 26.2 Å². The van der Waals surface area contributed by atoms with Gasteiger partial charge in [-0.15, -0.1) is 0 Å². The van der Waals surface area contributed by atoms with E-state index in [-0.39, 0.29) is 18.0 Å². The number of hydrogen-bond acceptors (Lipinski definition) is 7. The van der Waals surface area contributed by atoms with Crippen LogP contribution in [0.5, 0.6) is 23.0 Å². The van der Waals surface area contributed by atoms with Crippen LogP contribution < -0.4 is 14.8 Å². The van der Waals surface area contributed by atoms with Crippen LogP contribution in [0.15, 0.2) is 60.1 Å². The van der Waals surface area contributed by atoms with Gasteiger partial charge in [0.2, 0.25) is 0 Å². The first kappa shape index (κ1) is 21.6. The van der Waals surface area contributed by atoms with E-state index in [1.807, 2.05) is 0 Å². The number of pyridine rings is 1. The predicted octanol–water partition coefficient (Wildman–Crippen LogP) is 4.20. The maximum atomic E-state index is 13.1. The van der Waals surface area contributed by atoms with E-state index in [0.717, 1.165) is 25.0 Å². The van der Waals surface area contributed by atoms with Gasteiger partial charge in [-0.1, -0.05) is 12.1 Å². The van der Waals surface area contributed by atoms with Crippen molar-refractivity contribution in [2.75, 3.05) is 20.8 Å². The molecular weight excluding hydrogens is 436 g/mol. The molecule has 0 bridgehead atoms. The molecule has 174 valence electrons. The normalized spacial score (nSPS) is 12.9. The van der Waals surface area contributed by atoms with E-state index in [1.54, 1.807) is 56.7 Å². The van der Waals surface area contributed by atoms with Crippen molar-refractivity contribution in [3.8, 4) is 23.0 Å². The topological polar surface area (TPSA) is 107 Å². The predicted molar refractivity (Wildman–Crippen MR) is 125 cm³/mol. The number of nitrogens with zero attached hydrogens (tertiary/aromatic N) is 3. The number of carbonyl (C=O) groups is 1. The number of methoxy groups -OCH3 is 2. The first-order valence-corrected chi connectivity index (χ1v) is 10.9. The van der Waals surface area contributed by atoms with E-state index in [9.17, 15) is 9.90 Å². The van der Waals surface area contributed by atoms with Crippen LogP contribution in [-0.2, 0) is 4.74 Å². The summed E-state index contributed by atoms with van der Waals surface area (Å²) in [5.74, 6) is 1.84. The molecule has 1 fully saturated rings. The standard InChI is InChI=1S/C25H24N4O5/c1-32-16-9-11-17(12-10-16)34-19-8-4-7-18-21(19)24-27-14-28-29(24)22(23(18)30)25(31)26-13-20(33-2)15-5-3-6-15/h4,7-12,14,30H,3,5-6,13H2,1-2H3,(H,26,31). The molecule has 34 heavy (non-hydrogen) atoms. The number of fused-ring (bicyclic) bond motifs is 3. The van der Waals surface area contributed by atoms with Gasteiger partial charge in [-0.3, -0.25) is 4.79 Å². The van der Waals surface area contributed by atoms with Crippen LogP contribution in [0.25, 0.3) is 16.4 Å². The molecule has 5 rings (SSSR count). The van der Waals surface area contributed by atoms with Crippen LogP contribution in [0.2, 0.25) is 0 Å². The molecular formula is C25H24N4O5. The zero-order valence-corrected chi connectivity index (χ0v) is 18.9. The minimum Gasteiger partial charge on any atom is -0.505 e. The number of nitrogens with one attached hydrogen (secondary N) is 1. The van der Waals surface area contributed by atoms with Crippen molar-refractivity contribution in [1.82, 2.24) is 19.9 Å². The third-order valence-electron chi connectivity index (χ3n) is 6.00. The average molecular weight is 460 g/mol. The first-order chi connectivity index (χ1) is 16.6. The average Bonchev–Trinajstić information content (AvgIpc) is 3.30. The summed E-state index contributed by atoms with van der Waals surface area (Å²) in [7, 11) is 3.19. The molecule has 1 saturated carbocycles. The van der Waals surface area contributed by atoms with Crippen molar-refractivity contribution in [1.29, 1.82) is 0 Å². The van der Waals surface area contributed by atoms with Gasteiger partial charge in [-0.25, -0.2) is 9.50 Å². The molecule has 9 heteroatoms. The van der Waals surface area contributed by atoms with Crippen molar-refractivity contribution in [3.05, 3.63) is 65.8 Å². The summed E-state index contributed by atoms with van der Waals surface area (Å²) >= 11 is 0. The molecule has 0 unspecified atom stereocenters. The van der Waals surface area contributed by atoms with Crippen LogP contribution in [0.4, 0.5) is 0 Å². The van der Waals surface area contributed by atoms with Gasteiger partial charge < -0.3 is 24.6 Å². The maximum absolute atomic E-state index is 13.1. The van der Waals surface area contributed by atoms with Gasteiger partial charge in [0.1, 0.15) is 29.3 Å². The number of amides is 1. The Morgan fingerprint density at radius 1 is 1.12 bits per heavy atom. The van der Waals surface area contributed by atoms with E-state index >= 15 is 0 Å². The Morgan fingerprint density at radius 2 is 1.88 bits per heavy atom. The minimum atomic E-state index is -0.481. The van der Waals surface area contributed by atoms with Crippen molar-refractivity contribution in [3.63, 3.8) is 0 Å². The van der Waals surface area contributed by atoms with Gasteiger partial charge in [0.25, 0.3) is 5.91 Å². The molecule has 1 aliphatic rings. The molecule has 2 N–H and O–H groups in total. The molecule has 2 aromatic heterocycles. The highest BCUT2D eigenvalue weighted by Crippen LogP contribution is 2.38. The van der Waals surface area contributed by atoms with E-state index in [2.05, 4.69) is 15.4 Å². The second kappa shape index (κ2) is 8.93. The molecule has 0 atom stereocenters. The highest BCUT2D eigenvalue weighted by molar-refractivity contribution is 6.08. The summed E-state index contributed by atoms with van der Waals surface area (Å²) in [5, 5.41) is 19.1. The highest BCUT2D eigenvalue weighted by Gasteiger charge is 2.24. The number of hydrogen-bond donors (Lipinski definition) is 2. The maximum Gasteiger partial charge on any atom is 0.274 e. The summed E-state index contributed by atoms with van der Waals surface area (Å²) in [6.07, 6.45) is 4.42. The lowest BCUT2D eigenvalue weighted by molar-refractivity contribution is 0.0939. The first-order valence-electron chi connectivity index (χ1n) is 10.9. The molecule has 0 aliphatic heterocycles. The Kier molecular flexibility index (Phi) is 5.67. The zero-order valence-electron chi connectivity index (χ0n) is 18.9. The second-order valence-corrected chi connectivity index (χ2v) is 7.92. The molecule has 4 aromatic rings. The summed E-state index contributed by atoms with van der Waals surface area (Å²) in [4.78, 5) is 17.5. The van der Waals surface area contributed by atoms with Gasteiger partial charge in [-0.05, 0) is 55.2 Å². The molecule has 1 amide bonds. The third-order valence-corrected chi connectivity index (χ3v) is 6.00. The van der Waals surface area contributed by atoms with Crippen LogP contribution in [0.1, 0.15) is 29.8 Å². The van der Waals surface area contributed by atoms with Gasteiger partial charge >= 0.3 is 0 Å². The lowest BCUT2D eigenvalue weighted by atomic mass is 9.91. The Morgan fingerprint density at radius 3 is 2.56 bits per heavy atom. The molecule has 9 nitrogen and oxygen atoms in total. The molecule has 1 aliphatic carbocycles. The highest BCUT2D eigenvalue weighted by atomic mass is 16.5. The van der Waals surface area contributed by atoms with Crippen LogP contribution in [-0.4, -0.2) is 46.4 Å². The van der Waals surface area contributed by atoms with Crippen LogP contribution in [0, 0.1) is 0 Å². The Balaban J connectivity index is 1.54. The SMILES string of the molecule is COC(CNC(=O)c1c(O)c2cccc(Oc3ccc(OC)cc3)c2c2ncnn12)=C1CCC1. The molecule has 2 aromatic carbocycles. The minimum absolute atomic E-state index is 0.00402. The molecule has 0 saturated heterocycles. The number of aromatic hydroxyl groups is 1. The number of rotatable bonds is 7. The summed E-state index contributed by atoms with van der Waals surface area (Å²) in [6.45, 7) is 0.235. The Hall–Kier alpha value is -4.27. The van der Waals surface area contributed by atoms with E-state index < -0.39 is 5.91 Å². The fourth-order valence-corrected chi connectivity index (χ4v) is 4.04. The fourth-order valence-electron chi connectivity index (χ4n) is 4.04. The zero-order chi connectivity index (χ0) is 23.7. The number of carbonyl (C=O) groups excluding carboxylic acids is 1. The van der Waals surface area contributed by atoms with E-state index in [4.69, 9.17) is 14.2 Å². The molecule has 2 heterocycles. The Bertz CT molecular complexity index is 1400. The summed E-state index contributed by atoms with van der Waals surface area (Å²) in [5.41, 5.74) is 1.60. The van der Waals surface area contributed by atoms with E-state index in [1.165, 1.54) is 16.4 Å². The number of allylic oxidation sites excluding steroid dienone is 1. The lowest BCUT2D eigenvalue weighted by Gasteiger charge is -2.21. The van der Waals surface area contributed by atoms with E-state index in [0.29, 0.717) is 33.7 Å². The third kappa shape index (κ3) is 3.75. The van der Waals surface area contributed by atoms with Crippen LogP contribution in [0.3, 0.4) is 0 Å². The van der Waals surface area contributed by atoms with Gasteiger partial charge in [-0.2, -0.15) is 5.10 Å². The quantitative estimate of drug-likeness (QED) is 0.398. The lowest BCUT2D eigenvalue weighted by Crippen LogP contribution is -2.29. The van der Waals surface area contributed by atoms with Crippen molar-refractivity contribution >= 4 is 22.3 Å². The van der Waals surface area contributed by atoms with Crippen molar-refractivity contribution in [2.24, 2.45) is 0 Å². The van der Waals surface area contributed by atoms with Crippen molar-refractivity contribution in [2.45, 2.75) is 19.3 Å². The fraction of sp³-hybridized carbons (Fsp3) is 0.240. The Labute approximate surface area is 195 Å². The van der Waals surface area contributed by atoms with Crippen molar-refractivity contribution < 1.29 is 24.1 Å². The second-order valence-electron chi connectivity index (χ2n) is 7.92. The van der Waals surface area contributed by atoms with Gasteiger partial charge in [0.15, 0.2) is 17.1 Å². The smallest absolute Gasteiger partial charge is 0.274 e. The summed E-state index contributed by atoms with van der Waals surface area (Å²) in [6, 6.07) is 12.4. The number of ether oxygens (including phenoxy) is 3. The molecule has 0 spiro atoms. The van der Waals surface area contributed by atoms with Gasteiger partial charge in [0, 0.05) is 5.39 Å². The molecule has 0 radical (unpaired) electrons. The number of aromatic nitrogens is 3. The van der Waals surface area contributed by atoms with Crippen LogP contribution >= 0.6 is 0 Å². The monoisotopic (exact) mass is 460 g/mol. The largest absolute Gasteiger partial charge is 0.505 e.